The van der Waals surface area contributed by atoms with Crippen molar-refractivity contribution in [2.75, 3.05) is 31.9 Å². The Kier molecular flexibility index (Phi) is 7.24. The second kappa shape index (κ2) is 9.18. The third-order valence-electron chi connectivity index (χ3n) is 4.48. The number of nitrogens with zero attached hydrogens (tertiary/aromatic N) is 1. The second-order valence-corrected chi connectivity index (χ2v) is 8.51. The van der Waals surface area contributed by atoms with Crippen LogP contribution < -0.4 is 5.32 Å². The van der Waals surface area contributed by atoms with Crippen LogP contribution >= 0.6 is 0 Å². The molecule has 24 heavy (non-hydrogen) atoms. The standard InChI is InChI=1S/C18H28N2O3S/c1-2-24(22,23)17-11-6-5-10-16(17)18(21)19-12-9-15-20-13-7-3-4-8-14-20/h5-6,10-11H,2-4,7-9,12-15H2,1H3,(H,19,21). The number of hydrogen-bond donors (Lipinski definition) is 1. The number of sulfone groups is 1. The van der Waals surface area contributed by atoms with Crippen LogP contribution in [-0.4, -0.2) is 51.2 Å². The van der Waals surface area contributed by atoms with E-state index in [0.717, 1.165) is 26.1 Å². The van der Waals surface area contributed by atoms with Crippen LogP contribution in [0.3, 0.4) is 0 Å². The maximum absolute atomic E-state index is 12.3. The highest BCUT2D eigenvalue weighted by atomic mass is 32.2. The Morgan fingerprint density at radius 3 is 2.46 bits per heavy atom. The Labute approximate surface area is 145 Å². The van der Waals surface area contributed by atoms with Crippen LogP contribution in [0.4, 0.5) is 0 Å². The minimum absolute atomic E-state index is 0.00769. The molecular formula is C18H28N2O3S. The lowest BCUT2D eigenvalue weighted by Gasteiger charge is -2.19. The van der Waals surface area contributed by atoms with Crippen molar-refractivity contribution in [1.29, 1.82) is 0 Å². The molecule has 0 radical (unpaired) electrons. The molecule has 0 aromatic heterocycles. The van der Waals surface area contributed by atoms with Crippen molar-refractivity contribution in [3.8, 4) is 0 Å². The Morgan fingerprint density at radius 2 is 1.79 bits per heavy atom. The minimum atomic E-state index is -3.39. The van der Waals surface area contributed by atoms with E-state index in [1.54, 1.807) is 25.1 Å². The molecule has 1 aromatic carbocycles. The second-order valence-electron chi connectivity index (χ2n) is 6.26. The number of benzene rings is 1. The summed E-state index contributed by atoms with van der Waals surface area (Å²) < 4.78 is 24.2. The normalized spacial score (nSPS) is 16.5. The van der Waals surface area contributed by atoms with Gasteiger partial charge in [0.2, 0.25) is 0 Å². The monoisotopic (exact) mass is 352 g/mol. The summed E-state index contributed by atoms with van der Waals surface area (Å²) in [6.45, 7) is 5.42. The van der Waals surface area contributed by atoms with Gasteiger partial charge in [0.1, 0.15) is 0 Å². The quantitative estimate of drug-likeness (QED) is 0.766. The van der Waals surface area contributed by atoms with Crippen molar-refractivity contribution >= 4 is 15.7 Å². The molecule has 0 spiro atoms. The summed E-state index contributed by atoms with van der Waals surface area (Å²) in [4.78, 5) is 14.9. The van der Waals surface area contributed by atoms with Gasteiger partial charge in [-0.3, -0.25) is 4.79 Å². The maximum Gasteiger partial charge on any atom is 0.252 e. The van der Waals surface area contributed by atoms with Gasteiger partial charge in [0.15, 0.2) is 9.84 Å². The summed E-state index contributed by atoms with van der Waals surface area (Å²) in [5.74, 6) is -0.315. The number of hydrogen-bond acceptors (Lipinski definition) is 4. The van der Waals surface area contributed by atoms with Crippen LogP contribution in [0.2, 0.25) is 0 Å². The summed E-state index contributed by atoms with van der Waals surface area (Å²) in [5.41, 5.74) is 0.245. The third kappa shape index (κ3) is 5.31. The van der Waals surface area contributed by atoms with Crippen molar-refractivity contribution < 1.29 is 13.2 Å². The summed E-state index contributed by atoms with van der Waals surface area (Å²) in [5, 5.41) is 2.86. The van der Waals surface area contributed by atoms with Gasteiger partial charge in [0.25, 0.3) is 5.91 Å². The predicted molar refractivity (Wildman–Crippen MR) is 96.0 cm³/mol. The van der Waals surface area contributed by atoms with Crippen molar-refractivity contribution in [2.45, 2.75) is 43.9 Å². The predicted octanol–water partition coefficient (Wildman–Crippen LogP) is 2.48. The summed E-state index contributed by atoms with van der Waals surface area (Å²) in [6.07, 6.45) is 6.03. The first-order valence-corrected chi connectivity index (χ1v) is 10.5. The first-order chi connectivity index (χ1) is 11.5. The van der Waals surface area contributed by atoms with Gasteiger partial charge >= 0.3 is 0 Å². The van der Waals surface area contributed by atoms with E-state index in [1.807, 2.05) is 0 Å². The zero-order valence-electron chi connectivity index (χ0n) is 14.5. The molecular weight excluding hydrogens is 324 g/mol. The average molecular weight is 353 g/mol. The van der Waals surface area contributed by atoms with E-state index < -0.39 is 9.84 Å². The third-order valence-corrected chi connectivity index (χ3v) is 6.27. The molecule has 0 bridgehead atoms. The highest BCUT2D eigenvalue weighted by molar-refractivity contribution is 7.91. The van der Waals surface area contributed by atoms with Crippen LogP contribution in [0.15, 0.2) is 29.2 Å². The molecule has 1 heterocycles. The van der Waals surface area contributed by atoms with Crippen LogP contribution in [0.5, 0.6) is 0 Å². The van der Waals surface area contributed by atoms with E-state index >= 15 is 0 Å². The van der Waals surface area contributed by atoms with Crippen molar-refractivity contribution in [3.05, 3.63) is 29.8 Å². The number of likely N-dealkylation sites (tertiary alicyclic amines) is 1. The van der Waals surface area contributed by atoms with Crippen LogP contribution in [0.1, 0.15) is 49.4 Å². The number of amides is 1. The summed E-state index contributed by atoms with van der Waals surface area (Å²) in [6, 6.07) is 6.43. The first-order valence-electron chi connectivity index (χ1n) is 8.87. The van der Waals surface area contributed by atoms with Crippen LogP contribution in [0, 0.1) is 0 Å². The number of carbonyl (C=O) groups excluding carboxylic acids is 1. The van der Waals surface area contributed by atoms with Crippen molar-refractivity contribution in [2.24, 2.45) is 0 Å². The Balaban J connectivity index is 1.87. The molecule has 2 rings (SSSR count). The Morgan fingerprint density at radius 1 is 1.12 bits per heavy atom. The van der Waals surface area contributed by atoms with Gasteiger partial charge in [-0.2, -0.15) is 0 Å². The van der Waals surface area contributed by atoms with Crippen molar-refractivity contribution in [3.63, 3.8) is 0 Å². The highest BCUT2D eigenvalue weighted by Gasteiger charge is 2.20. The van der Waals surface area contributed by atoms with Gasteiger partial charge < -0.3 is 10.2 Å². The Bertz CT molecular complexity index is 635. The van der Waals surface area contributed by atoms with Crippen molar-refractivity contribution in [1.82, 2.24) is 10.2 Å². The summed E-state index contributed by atoms with van der Waals surface area (Å²) >= 11 is 0. The fourth-order valence-corrected chi connectivity index (χ4v) is 4.13. The highest BCUT2D eigenvalue weighted by Crippen LogP contribution is 2.17. The molecule has 1 aliphatic rings. The lowest BCUT2D eigenvalue weighted by molar-refractivity contribution is 0.0948. The Hall–Kier alpha value is -1.40. The summed E-state index contributed by atoms with van der Waals surface area (Å²) in [7, 11) is -3.39. The molecule has 1 fully saturated rings. The molecule has 0 aliphatic carbocycles. The molecule has 0 saturated carbocycles. The molecule has 6 heteroatoms. The number of rotatable bonds is 7. The maximum atomic E-state index is 12.3. The smallest absolute Gasteiger partial charge is 0.252 e. The van der Waals surface area contributed by atoms with Gasteiger partial charge in [-0.25, -0.2) is 8.42 Å². The van der Waals surface area contributed by atoms with E-state index in [9.17, 15) is 13.2 Å². The minimum Gasteiger partial charge on any atom is -0.352 e. The van der Waals surface area contributed by atoms with Gasteiger partial charge in [-0.15, -0.1) is 0 Å². The van der Waals surface area contributed by atoms with E-state index in [2.05, 4.69) is 10.2 Å². The first kappa shape index (κ1) is 18.9. The van der Waals surface area contributed by atoms with Gasteiger partial charge in [0.05, 0.1) is 16.2 Å². The molecule has 1 amide bonds. The van der Waals surface area contributed by atoms with E-state index in [-0.39, 0.29) is 22.1 Å². The van der Waals surface area contributed by atoms with Crippen LogP contribution in [0.25, 0.3) is 0 Å². The van der Waals surface area contributed by atoms with Gasteiger partial charge in [-0.05, 0) is 51.0 Å². The zero-order chi connectivity index (χ0) is 17.4. The van der Waals surface area contributed by atoms with Gasteiger partial charge in [-0.1, -0.05) is 31.9 Å². The number of carbonyl (C=O) groups is 1. The fourth-order valence-electron chi connectivity index (χ4n) is 3.04. The van der Waals surface area contributed by atoms with E-state index in [4.69, 9.17) is 0 Å². The molecule has 1 aromatic rings. The molecule has 1 aliphatic heterocycles. The SMILES string of the molecule is CCS(=O)(=O)c1ccccc1C(=O)NCCCN1CCCCCC1. The molecule has 5 nitrogen and oxygen atoms in total. The zero-order valence-corrected chi connectivity index (χ0v) is 15.3. The molecule has 0 atom stereocenters. The van der Waals surface area contributed by atoms with E-state index in [1.165, 1.54) is 31.7 Å². The lowest BCUT2D eigenvalue weighted by atomic mass is 10.2. The topological polar surface area (TPSA) is 66.5 Å². The lowest BCUT2D eigenvalue weighted by Crippen LogP contribution is -2.31. The molecule has 1 saturated heterocycles. The fraction of sp³-hybridized carbons (Fsp3) is 0.611. The molecule has 134 valence electrons. The van der Waals surface area contributed by atoms with Crippen LogP contribution in [-0.2, 0) is 9.84 Å². The average Bonchev–Trinajstić information content (AvgIpc) is 2.87. The largest absolute Gasteiger partial charge is 0.352 e. The molecule has 0 unspecified atom stereocenters. The van der Waals surface area contributed by atoms with E-state index in [0.29, 0.717) is 6.54 Å². The number of nitrogens with one attached hydrogen (secondary N) is 1. The van der Waals surface area contributed by atoms with Gasteiger partial charge in [0, 0.05) is 6.54 Å². The molecule has 1 N–H and O–H groups in total.